The SMILES string of the molecule is CC(C)CC1=CCC(O[Si](C)(C)C)=C1CC(C)C. The Hall–Kier alpha value is -0.503. The van der Waals surface area contributed by atoms with Crippen molar-refractivity contribution in [3.05, 3.63) is 23.0 Å². The van der Waals surface area contributed by atoms with E-state index in [1.54, 1.807) is 5.57 Å². The summed E-state index contributed by atoms with van der Waals surface area (Å²) in [5, 5.41) is 0. The quantitative estimate of drug-likeness (QED) is 0.576. The Morgan fingerprint density at radius 2 is 1.61 bits per heavy atom. The first-order valence-electron chi connectivity index (χ1n) is 7.29. The van der Waals surface area contributed by atoms with Gasteiger partial charge in [0.1, 0.15) is 0 Å². The van der Waals surface area contributed by atoms with Gasteiger partial charge in [-0.2, -0.15) is 0 Å². The van der Waals surface area contributed by atoms with E-state index in [0.717, 1.165) is 12.3 Å². The summed E-state index contributed by atoms with van der Waals surface area (Å²) >= 11 is 0. The second-order valence-electron chi connectivity index (χ2n) is 7.25. The van der Waals surface area contributed by atoms with Crippen molar-refractivity contribution in [3.63, 3.8) is 0 Å². The third-order valence-corrected chi connectivity index (χ3v) is 3.79. The zero-order chi connectivity index (χ0) is 13.9. The van der Waals surface area contributed by atoms with Crippen LogP contribution in [-0.2, 0) is 4.43 Å². The molecule has 0 aliphatic heterocycles. The number of hydrogen-bond acceptors (Lipinski definition) is 1. The van der Waals surface area contributed by atoms with E-state index >= 15 is 0 Å². The molecule has 0 aromatic heterocycles. The Balaban J connectivity index is 2.89. The average Bonchev–Trinajstić information content (AvgIpc) is 2.46. The minimum Gasteiger partial charge on any atom is -0.547 e. The highest BCUT2D eigenvalue weighted by atomic mass is 28.4. The highest BCUT2D eigenvalue weighted by Crippen LogP contribution is 2.36. The maximum atomic E-state index is 6.29. The minimum atomic E-state index is -1.48. The molecule has 0 fully saturated rings. The lowest BCUT2D eigenvalue weighted by atomic mass is 9.93. The summed E-state index contributed by atoms with van der Waals surface area (Å²) in [4.78, 5) is 0. The van der Waals surface area contributed by atoms with Gasteiger partial charge in [-0.15, -0.1) is 0 Å². The Labute approximate surface area is 114 Å². The monoisotopic (exact) mass is 266 g/mol. The van der Waals surface area contributed by atoms with Gasteiger partial charge in [-0.25, -0.2) is 0 Å². The van der Waals surface area contributed by atoms with Gasteiger partial charge in [0, 0.05) is 6.42 Å². The van der Waals surface area contributed by atoms with Crippen LogP contribution in [-0.4, -0.2) is 8.32 Å². The van der Waals surface area contributed by atoms with E-state index in [4.69, 9.17) is 4.43 Å². The maximum Gasteiger partial charge on any atom is 0.241 e. The van der Waals surface area contributed by atoms with Crippen LogP contribution >= 0.6 is 0 Å². The molecule has 0 saturated heterocycles. The molecule has 0 amide bonds. The van der Waals surface area contributed by atoms with Gasteiger partial charge in [0.05, 0.1) is 5.76 Å². The summed E-state index contributed by atoms with van der Waals surface area (Å²) in [6.45, 7) is 16.0. The van der Waals surface area contributed by atoms with Crippen molar-refractivity contribution in [1.29, 1.82) is 0 Å². The molecule has 2 heteroatoms. The highest BCUT2D eigenvalue weighted by molar-refractivity contribution is 6.70. The molecule has 1 aliphatic carbocycles. The second-order valence-corrected chi connectivity index (χ2v) is 11.7. The Kier molecular flexibility index (Phi) is 5.27. The highest BCUT2D eigenvalue weighted by Gasteiger charge is 2.25. The molecule has 104 valence electrons. The fourth-order valence-electron chi connectivity index (χ4n) is 2.41. The fraction of sp³-hybridized carbons (Fsp3) is 0.750. The summed E-state index contributed by atoms with van der Waals surface area (Å²) in [5.74, 6) is 2.71. The van der Waals surface area contributed by atoms with Crippen LogP contribution < -0.4 is 0 Å². The van der Waals surface area contributed by atoms with Gasteiger partial charge in [0.2, 0.25) is 8.32 Å². The molecule has 0 saturated carbocycles. The lowest BCUT2D eigenvalue weighted by molar-refractivity contribution is 0.404. The number of rotatable bonds is 6. The van der Waals surface area contributed by atoms with Crippen molar-refractivity contribution in [2.45, 2.75) is 66.6 Å². The molecule has 0 N–H and O–H groups in total. The molecule has 0 unspecified atom stereocenters. The van der Waals surface area contributed by atoms with E-state index in [-0.39, 0.29) is 0 Å². The van der Waals surface area contributed by atoms with Crippen LogP contribution in [0.25, 0.3) is 0 Å². The number of hydrogen-bond donors (Lipinski definition) is 0. The standard InChI is InChI=1S/C16H30OSi/c1-12(2)10-14-8-9-16(17-18(5,6)7)15(14)11-13(3)4/h8,12-13H,9-11H2,1-7H3. The van der Waals surface area contributed by atoms with Gasteiger partial charge < -0.3 is 4.43 Å². The van der Waals surface area contributed by atoms with E-state index in [2.05, 4.69) is 53.4 Å². The Morgan fingerprint density at radius 3 is 2.06 bits per heavy atom. The molecule has 1 nitrogen and oxygen atoms in total. The summed E-state index contributed by atoms with van der Waals surface area (Å²) in [6, 6.07) is 0. The topological polar surface area (TPSA) is 9.23 Å². The molecule has 0 radical (unpaired) electrons. The van der Waals surface area contributed by atoms with Crippen molar-refractivity contribution in [1.82, 2.24) is 0 Å². The van der Waals surface area contributed by atoms with Crippen LogP contribution in [0.4, 0.5) is 0 Å². The molecule has 0 aromatic carbocycles. The molecule has 0 heterocycles. The average molecular weight is 267 g/mol. The van der Waals surface area contributed by atoms with Gasteiger partial charge in [-0.05, 0) is 55.5 Å². The molecule has 0 aromatic rings. The van der Waals surface area contributed by atoms with E-state index in [1.807, 2.05) is 0 Å². The van der Waals surface area contributed by atoms with E-state index in [9.17, 15) is 0 Å². The molecule has 0 bridgehead atoms. The smallest absolute Gasteiger partial charge is 0.241 e. The van der Waals surface area contributed by atoms with Crippen molar-refractivity contribution < 1.29 is 4.43 Å². The van der Waals surface area contributed by atoms with Gasteiger partial charge in [-0.1, -0.05) is 33.8 Å². The minimum absolute atomic E-state index is 0.703. The third kappa shape index (κ3) is 5.01. The van der Waals surface area contributed by atoms with Crippen LogP contribution in [0, 0.1) is 11.8 Å². The lowest BCUT2D eigenvalue weighted by Gasteiger charge is -2.23. The summed E-state index contributed by atoms with van der Waals surface area (Å²) in [5.41, 5.74) is 3.06. The van der Waals surface area contributed by atoms with Crippen molar-refractivity contribution in [3.8, 4) is 0 Å². The van der Waals surface area contributed by atoms with Gasteiger partial charge in [-0.3, -0.25) is 0 Å². The number of allylic oxidation sites excluding steroid dienone is 3. The van der Waals surface area contributed by atoms with Crippen molar-refractivity contribution in [2.75, 3.05) is 0 Å². The molecule has 0 spiro atoms. The Bertz CT molecular complexity index is 343. The van der Waals surface area contributed by atoms with Gasteiger partial charge in [0.25, 0.3) is 0 Å². The van der Waals surface area contributed by atoms with E-state index < -0.39 is 8.32 Å². The summed E-state index contributed by atoms with van der Waals surface area (Å²) in [7, 11) is -1.48. The second kappa shape index (κ2) is 6.09. The molecule has 18 heavy (non-hydrogen) atoms. The molecular formula is C16H30OSi. The molecule has 1 aliphatic rings. The lowest BCUT2D eigenvalue weighted by Crippen LogP contribution is -2.25. The van der Waals surface area contributed by atoms with Gasteiger partial charge in [0.15, 0.2) is 0 Å². The normalized spacial score (nSPS) is 16.8. The Morgan fingerprint density at radius 1 is 1.06 bits per heavy atom. The van der Waals surface area contributed by atoms with Gasteiger partial charge >= 0.3 is 0 Å². The largest absolute Gasteiger partial charge is 0.547 e. The van der Waals surface area contributed by atoms with Crippen LogP contribution in [0.2, 0.25) is 19.6 Å². The first-order valence-corrected chi connectivity index (χ1v) is 10.7. The van der Waals surface area contributed by atoms with Crippen LogP contribution in [0.3, 0.4) is 0 Å². The van der Waals surface area contributed by atoms with Crippen LogP contribution in [0.5, 0.6) is 0 Å². The van der Waals surface area contributed by atoms with E-state index in [0.29, 0.717) is 5.92 Å². The van der Waals surface area contributed by atoms with Crippen molar-refractivity contribution in [2.24, 2.45) is 11.8 Å². The molecule has 0 atom stereocenters. The predicted molar refractivity (Wildman–Crippen MR) is 83.1 cm³/mol. The molecular weight excluding hydrogens is 236 g/mol. The summed E-state index contributed by atoms with van der Waals surface area (Å²) in [6.07, 6.45) is 5.78. The fourth-order valence-corrected chi connectivity index (χ4v) is 3.36. The van der Waals surface area contributed by atoms with E-state index in [1.165, 1.54) is 24.2 Å². The maximum absolute atomic E-state index is 6.29. The van der Waals surface area contributed by atoms with Crippen molar-refractivity contribution >= 4 is 8.32 Å². The van der Waals surface area contributed by atoms with Crippen LogP contribution in [0.1, 0.15) is 47.0 Å². The van der Waals surface area contributed by atoms with Crippen LogP contribution in [0.15, 0.2) is 23.0 Å². The molecule has 1 rings (SSSR count). The first kappa shape index (κ1) is 15.6. The summed E-state index contributed by atoms with van der Waals surface area (Å²) < 4.78 is 6.29. The first-order chi connectivity index (χ1) is 8.19. The zero-order valence-electron chi connectivity index (χ0n) is 13.3. The third-order valence-electron chi connectivity index (χ3n) is 2.93. The zero-order valence-corrected chi connectivity index (χ0v) is 14.3. The predicted octanol–water partition coefficient (Wildman–Crippen LogP) is 5.51.